The van der Waals surface area contributed by atoms with Crippen LogP contribution in [-0.4, -0.2) is 34.7 Å². The first-order chi connectivity index (χ1) is 13.2. The molecule has 29 heavy (non-hydrogen) atoms. The molecule has 1 atom stereocenters. The van der Waals surface area contributed by atoms with Gasteiger partial charge in [0, 0.05) is 5.56 Å². The molecule has 0 aliphatic heterocycles. The van der Waals surface area contributed by atoms with Crippen molar-refractivity contribution >= 4 is 34.7 Å². The Balaban J connectivity index is 0. The average molecular weight is 405 g/mol. The van der Waals surface area contributed by atoms with E-state index in [2.05, 4.69) is 0 Å². The summed E-state index contributed by atoms with van der Waals surface area (Å²) in [6.45, 7) is 12.0. The van der Waals surface area contributed by atoms with Crippen LogP contribution in [0.25, 0.3) is 0 Å². The van der Waals surface area contributed by atoms with Crippen LogP contribution in [0, 0.1) is 17.8 Å². The van der Waals surface area contributed by atoms with Crippen LogP contribution in [0.1, 0.15) is 65.7 Å². The zero-order valence-electron chi connectivity index (χ0n) is 18.6. The summed E-state index contributed by atoms with van der Waals surface area (Å²) in [5.74, 6) is -1.76. The van der Waals surface area contributed by atoms with Gasteiger partial charge in [0.25, 0.3) is 0 Å². The largest absolute Gasteiger partial charge is 0.299 e. The Hall–Kier alpha value is -2.76. The standard InChI is InChI=1S/C11H12O2.2C6H10O2/c1-8(9(2)12)11(13)10-6-4-3-5-7-10;2*1-4(5(2)7)6(3)8/h3-8H,1-2H3;2*4H,1-3H3. The smallest absolute Gasteiger partial charge is 0.173 e. The summed E-state index contributed by atoms with van der Waals surface area (Å²) in [6.07, 6.45) is 0. The van der Waals surface area contributed by atoms with Crippen molar-refractivity contribution in [1.29, 1.82) is 0 Å². The lowest BCUT2D eigenvalue weighted by molar-refractivity contribution is -0.131. The Morgan fingerprint density at radius 3 is 1.00 bits per heavy atom. The molecule has 0 bridgehead atoms. The van der Waals surface area contributed by atoms with Gasteiger partial charge in [0.2, 0.25) is 0 Å². The van der Waals surface area contributed by atoms with E-state index in [1.165, 1.54) is 34.6 Å². The fraction of sp³-hybridized carbons (Fsp3) is 0.478. The second kappa shape index (κ2) is 14.3. The van der Waals surface area contributed by atoms with E-state index in [9.17, 15) is 28.8 Å². The summed E-state index contributed by atoms with van der Waals surface area (Å²) >= 11 is 0. The van der Waals surface area contributed by atoms with Gasteiger partial charge in [-0.1, -0.05) is 30.3 Å². The second-order valence-corrected chi connectivity index (χ2v) is 6.95. The molecule has 0 fully saturated rings. The summed E-state index contributed by atoms with van der Waals surface area (Å²) in [6, 6.07) is 8.87. The molecule has 0 radical (unpaired) electrons. The van der Waals surface area contributed by atoms with Crippen molar-refractivity contribution in [2.24, 2.45) is 17.8 Å². The minimum atomic E-state index is -0.526. The maximum absolute atomic E-state index is 11.6. The van der Waals surface area contributed by atoms with Gasteiger partial charge < -0.3 is 0 Å². The Morgan fingerprint density at radius 2 is 0.793 bits per heavy atom. The molecule has 160 valence electrons. The van der Waals surface area contributed by atoms with Crippen molar-refractivity contribution in [2.75, 3.05) is 0 Å². The van der Waals surface area contributed by atoms with E-state index in [-0.39, 0.29) is 34.7 Å². The molecule has 1 rings (SSSR count). The van der Waals surface area contributed by atoms with Crippen molar-refractivity contribution < 1.29 is 28.8 Å². The molecule has 6 heteroatoms. The molecule has 0 saturated carbocycles. The van der Waals surface area contributed by atoms with Crippen LogP contribution in [-0.2, 0) is 24.0 Å². The summed E-state index contributed by atoms with van der Waals surface area (Å²) in [4.78, 5) is 64.0. The molecule has 0 spiro atoms. The number of Topliss-reactive ketones (excluding diaryl/α,β-unsaturated/α-hetero) is 6. The summed E-state index contributed by atoms with van der Waals surface area (Å²) < 4.78 is 0. The predicted molar refractivity (Wildman–Crippen MR) is 112 cm³/mol. The van der Waals surface area contributed by atoms with Gasteiger partial charge in [-0.2, -0.15) is 0 Å². The highest BCUT2D eigenvalue weighted by molar-refractivity contribution is 6.09. The van der Waals surface area contributed by atoms with Crippen LogP contribution in [0.2, 0.25) is 0 Å². The molecule has 0 saturated heterocycles. The van der Waals surface area contributed by atoms with Crippen LogP contribution >= 0.6 is 0 Å². The van der Waals surface area contributed by atoms with Gasteiger partial charge in [-0.05, 0) is 55.4 Å². The molecule has 0 amide bonds. The van der Waals surface area contributed by atoms with Gasteiger partial charge in [0.15, 0.2) is 5.78 Å². The van der Waals surface area contributed by atoms with Crippen molar-refractivity contribution in [2.45, 2.75) is 55.4 Å². The third-order valence-corrected chi connectivity index (χ3v) is 4.50. The van der Waals surface area contributed by atoms with Crippen molar-refractivity contribution in [3.05, 3.63) is 35.9 Å². The van der Waals surface area contributed by atoms with Gasteiger partial charge in [-0.15, -0.1) is 0 Å². The van der Waals surface area contributed by atoms with E-state index < -0.39 is 17.8 Å². The first kappa shape index (κ1) is 28.4. The van der Waals surface area contributed by atoms with Crippen LogP contribution < -0.4 is 0 Å². The Kier molecular flexibility index (Phi) is 14.0. The van der Waals surface area contributed by atoms with Crippen LogP contribution in [0.15, 0.2) is 30.3 Å². The number of carbonyl (C=O) groups is 6. The molecule has 0 aliphatic rings. The lowest BCUT2D eigenvalue weighted by Gasteiger charge is -2.05. The van der Waals surface area contributed by atoms with Gasteiger partial charge in [0.05, 0.1) is 17.8 Å². The van der Waals surface area contributed by atoms with Crippen LogP contribution in [0.5, 0.6) is 0 Å². The minimum absolute atomic E-state index is 0.0579. The molecule has 0 N–H and O–H groups in total. The molecule has 1 unspecified atom stereocenters. The number of benzene rings is 1. The third-order valence-electron chi connectivity index (χ3n) is 4.50. The summed E-state index contributed by atoms with van der Waals surface area (Å²) in [7, 11) is 0. The third kappa shape index (κ3) is 12.3. The minimum Gasteiger partial charge on any atom is -0.299 e. The van der Waals surface area contributed by atoms with Crippen molar-refractivity contribution in [3.63, 3.8) is 0 Å². The second-order valence-electron chi connectivity index (χ2n) is 6.95. The quantitative estimate of drug-likeness (QED) is 0.507. The molecular formula is C23H32O6. The molecule has 0 aliphatic carbocycles. The Bertz CT molecular complexity index is 675. The predicted octanol–water partition coefficient (Wildman–Crippen LogP) is 3.70. The van der Waals surface area contributed by atoms with E-state index in [1.54, 1.807) is 45.0 Å². The van der Waals surface area contributed by atoms with Gasteiger partial charge in [-0.25, -0.2) is 0 Å². The summed E-state index contributed by atoms with van der Waals surface area (Å²) in [5, 5.41) is 0. The first-order valence-electron chi connectivity index (χ1n) is 9.35. The summed E-state index contributed by atoms with van der Waals surface area (Å²) in [5.41, 5.74) is 0.602. The van der Waals surface area contributed by atoms with Crippen LogP contribution in [0.3, 0.4) is 0 Å². The van der Waals surface area contributed by atoms with Crippen molar-refractivity contribution in [3.8, 4) is 0 Å². The van der Waals surface area contributed by atoms with Gasteiger partial charge >= 0.3 is 0 Å². The molecule has 0 aromatic heterocycles. The maximum Gasteiger partial charge on any atom is 0.173 e. The van der Waals surface area contributed by atoms with E-state index in [0.717, 1.165) is 0 Å². The van der Waals surface area contributed by atoms with Crippen LogP contribution in [0.4, 0.5) is 0 Å². The monoisotopic (exact) mass is 404 g/mol. The normalized spacial score (nSPS) is 10.7. The molecule has 1 aromatic rings. The number of hydrogen-bond donors (Lipinski definition) is 0. The topological polar surface area (TPSA) is 102 Å². The Morgan fingerprint density at radius 1 is 0.517 bits per heavy atom. The van der Waals surface area contributed by atoms with E-state index in [4.69, 9.17) is 0 Å². The van der Waals surface area contributed by atoms with E-state index >= 15 is 0 Å². The SMILES string of the molecule is CC(=O)C(C)C(=O)c1ccccc1.CC(=O)C(C)C(C)=O.CC(=O)C(C)C(C)=O. The van der Waals surface area contributed by atoms with Crippen molar-refractivity contribution in [1.82, 2.24) is 0 Å². The zero-order valence-corrected chi connectivity index (χ0v) is 18.6. The molecule has 6 nitrogen and oxygen atoms in total. The Labute approximate surface area is 173 Å². The lowest BCUT2D eigenvalue weighted by Crippen LogP contribution is -2.18. The van der Waals surface area contributed by atoms with Gasteiger partial charge in [-0.3, -0.25) is 28.8 Å². The van der Waals surface area contributed by atoms with Gasteiger partial charge in [0.1, 0.15) is 28.9 Å². The highest BCUT2D eigenvalue weighted by atomic mass is 16.2. The zero-order chi connectivity index (χ0) is 23.3. The number of hydrogen-bond acceptors (Lipinski definition) is 6. The average Bonchev–Trinajstić information content (AvgIpc) is 2.66. The first-order valence-corrected chi connectivity index (χ1v) is 9.35. The molecular weight excluding hydrogens is 372 g/mol. The highest BCUT2D eigenvalue weighted by Gasteiger charge is 2.18. The highest BCUT2D eigenvalue weighted by Crippen LogP contribution is 2.08. The fourth-order valence-corrected chi connectivity index (χ4v) is 1.61. The van der Waals surface area contributed by atoms with E-state index in [1.807, 2.05) is 6.07 Å². The number of rotatable bonds is 7. The van der Waals surface area contributed by atoms with E-state index in [0.29, 0.717) is 5.56 Å². The molecule has 0 heterocycles. The number of carbonyl (C=O) groups excluding carboxylic acids is 6. The fourth-order valence-electron chi connectivity index (χ4n) is 1.61. The number of ketones is 6. The lowest BCUT2D eigenvalue weighted by atomic mass is 9.96. The maximum atomic E-state index is 11.6. The molecule has 1 aromatic carbocycles.